The Hall–Kier alpha value is -5.26. The molecule has 54 heavy (non-hydrogen) atoms. The molecule has 2 N–H and O–H groups in total. The Kier molecular flexibility index (Phi) is 10.9. The molecule has 2 amide bonds. The number of benzene rings is 2. The Labute approximate surface area is 316 Å². The van der Waals surface area contributed by atoms with Crippen molar-refractivity contribution in [2.45, 2.75) is 39.5 Å². The molecule has 1 saturated heterocycles. The number of aromatic hydroxyl groups is 1. The van der Waals surface area contributed by atoms with Crippen LogP contribution in [0.15, 0.2) is 47.5 Å². The van der Waals surface area contributed by atoms with E-state index in [1.165, 1.54) is 15.8 Å². The van der Waals surface area contributed by atoms with Crippen molar-refractivity contribution in [1.29, 1.82) is 0 Å². The summed E-state index contributed by atoms with van der Waals surface area (Å²) in [5, 5.41) is 17.7. The lowest BCUT2D eigenvalue weighted by Gasteiger charge is -2.36. The van der Waals surface area contributed by atoms with Crippen LogP contribution in [0.5, 0.6) is 5.75 Å². The molecule has 0 spiro atoms. The Morgan fingerprint density at radius 3 is 2.37 bits per heavy atom. The van der Waals surface area contributed by atoms with Gasteiger partial charge in [-0.25, -0.2) is 9.97 Å². The molecule has 0 saturated carbocycles. The molecular formula is C35H35Cl2F3N10O4. The van der Waals surface area contributed by atoms with Crippen molar-refractivity contribution in [2.24, 2.45) is 0 Å². The molecule has 1 fully saturated rings. The third-order valence-electron chi connectivity index (χ3n) is 8.92. The Morgan fingerprint density at radius 1 is 1.02 bits per heavy atom. The highest BCUT2D eigenvalue weighted by Gasteiger charge is 2.32. The quantitative estimate of drug-likeness (QED) is 0.211. The minimum absolute atomic E-state index is 0.0367. The zero-order chi connectivity index (χ0) is 39.1. The van der Waals surface area contributed by atoms with E-state index in [-0.39, 0.29) is 77.7 Å². The van der Waals surface area contributed by atoms with Gasteiger partial charge in [0.05, 0.1) is 27.7 Å². The maximum Gasteiger partial charge on any atom is 0.416 e. The molecule has 19 heteroatoms. The predicted octanol–water partition coefficient (Wildman–Crippen LogP) is 4.91. The first kappa shape index (κ1) is 38.5. The van der Waals surface area contributed by atoms with Crippen LogP contribution in [-0.4, -0.2) is 96.1 Å². The number of nitrogens with zero attached hydrogens (tertiary/aromatic N) is 9. The third kappa shape index (κ3) is 7.69. The van der Waals surface area contributed by atoms with E-state index in [0.29, 0.717) is 22.8 Å². The molecule has 14 nitrogen and oxygen atoms in total. The van der Waals surface area contributed by atoms with Gasteiger partial charge < -0.3 is 29.7 Å². The molecule has 2 aromatic carbocycles. The first-order chi connectivity index (χ1) is 25.6. The number of anilines is 2. The predicted molar refractivity (Wildman–Crippen MR) is 196 cm³/mol. The summed E-state index contributed by atoms with van der Waals surface area (Å²) in [6.45, 7) is 4.30. The first-order valence-corrected chi connectivity index (χ1v) is 17.5. The summed E-state index contributed by atoms with van der Waals surface area (Å²) in [6.07, 6.45) is -3.17. The molecule has 0 unspecified atom stereocenters. The molecule has 1 aliphatic rings. The largest absolute Gasteiger partial charge is 0.504 e. The van der Waals surface area contributed by atoms with Crippen molar-refractivity contribution >= 4 is 52.2 Å². The van der Waals surface area contributed by atoms with Crippen LogP contribution in [0, 0.1) is 6.92 Å². The number of carbonyl (C=O) groups is 2. The van der Waals surface area contributed by atoms with Gasteiger partial charge in [0.2, 0.25) is 11.7 Å². The zero-order valence-corrected chi connectivity index (χ0v) is 31.1. The Bertz CT molecular complexity index is 2320. The summed E-state index contributed by atoms with van der Waals surface area (Å²) >= 11 is 12.7. The number of piperazine rings is 1. The summed E-state index contributed by atoms with van der Waals surface area (Å²) in [5.74, 6) is -1.24. The van der Waals surface area contributed by atoms with E-state index in [1.54, 1.807) is 30.9 Å². The molecule has 284 valence electrons. The van der Waals surface area contributed by atoms with Crippen molar-refractivity contribution < 1.29 is 27.9 Å². The van der Waals surface area contributed by atoms with Gasteiger partial charge in [-0.15, -0.1) is 5.10 Å². The van der Waals surface area contributed by atoms with Gasteiger partial charge in [0.1, 0.15) is 18.6 Å². The van der Waals surface area contributed by atoms with Gasteiger partial charge >= 0.3 is 6.18 Å². The number of alkyl halides is 3. The van der Waals surface area contributed by atoms with Crippen LogP contribution in [0.25, 0.3) is 17.2 Å². The van der Waals surface area contributed by atoms with Gasteiger partial charge in [0, 0.05) is 43.3 Å². The Morgan fingerprint density at radius 2 is 1.74 bits per heavy atom. The molecule has 0 bridgehead atoms. The maximum atomic E-state index is 14.3. The van der Waals surface area contributed by atoms with Crippen LogP contribution in [0.4, 0.5) is 24.5 Å². The second-order valence-electron chi connectivity index (χ2n) is 12.9. The van der Waals surface area contributed by atoms with E-state index in [1.807, 2.05) is 25.1 Å². The fourth-order valence-corrected chi connectivity index (χ4v) is 6.71. The molecule has 1 aliphatic heterocycles. The fourth-order valence-electron chi connectivity index (χ4n) is 6.24. The van der Waals surface area contributed by atoms with E-state index < -0.39 is 35.7 Å². The monoisotopic (exact) mass is 786 g/mol. The molecule has 5 aromatic rings. The Balaban J connectivity index is 1.39. The summed E-state index contributed by atoms with van der Waals surface area (Å²) in [4.78, 5) is 59.0. The van der Waals surface area contributed by atoms with Crippen molar-refractivity contribution in [3.05, 3.63) is 91.3 Å². The van der Waals surface area contributed by atoms with Crippen LogP contribution in [0.3, 0.4) is 0 Å². The van der Waals surface area contributed by atoms with Gasteiger partial charge in [-0.1, -0.05) is 42.3 Å². The minimum Gasteiger partial charge on any atom is -0.504 e. The second kappa shape index (κ2) is 15.2. The number of fused-ring (bicyclic) bond motifs is 1. The highest BCUT2D eigenvalue weighted by atomic mass is 35.5. The SMILES string of the molecule is CCc1c(N2CCN(C(=O)c3ncnc(C)c3O)CC2)c(=O)n2nc(-c3ccc(CN(C)C)c(Cl)c3)nc2n1CC(=O)Nc1ccc(C(F)(F)F)cc1Cl. The van der Waals surface area contributed by atoms with Crippen molar-refractivity contribution in [3.63, 3.8) is 0 Å². The molecule has 6 rings (SSSR count). The normalized spacial score (nSPS) is 13.6. The topological polar surface area (TPSA) is 154 Å². The van der Waals surface area contributed by atoms with Gasteiger partial charge in [0.15, 0.2) is 17.3 Å². The lowest BCUT2D eigenvalue weighted by molar-refractivity contribution is -0.137. The van der Waals surface area contributed by atoms with Crippen molar-refractivity contribution in [2.75, 3.05) is 50.5 Å². The van der Waals surface area contributed by atoms with Crippen LogP contribution in [0.1, 0.15) is 39.9 Å². The van der Waals surface area contributed by atoms with Gasteiger partial charge in [-0.3, -0.25) is 14.4 Å². The highest BCUT2D eigenvalue weighted by Crippen LogP contribution is 2.34. The first-order valence-electron chi connectivity index (χ1n) is 16.7. The van der Waals surface area contributed by atoms with E-state index in [4.69, 9.17) is 23.2 Å². The lowest BCUT2D eigenvalue weighted by Crippen LogP contribution is -2.51. The number of aryl methyl sites for hydroxylation is 1. The van der Waals surface area contributed by atoms with Gasteiger partial charge in [-0.05, 0) is 57.3 Å². The fraction of sp³-hybridized carbons (Fsp3) is 0.343. The highest BCUT2D eigenvalue weighted by molar-refractivity contribution is 6.33. The standard InChI is InChI=1S/C35H35Cl2F3N10O4/c1-5-26-29(47-10-12-48(13-11-47)32(53)28-30(52)19(2)41-18-42-28)33(54)50-34(44-31(45-50)20-6-7-21(16-46(3)4)23(36)14-20)49(26)17-27(51)43-25-9-8-22(15-24(25)37)35(38,39)40/h6-9,14-15,18,52H,5,10-13,16-17H2,1-4H3,(H,43,51). The van der Waals surface area contributed by atoms with E-state index in [9.17, 15) is 32.7 Å². The summed E-state index contributed by atoms with van der Waals surface area (Å²) in [6, 6.07) is 7.91. The van der Waals surface area contributed by atoms with E-state index in [2.05, 4.69) is 25.4 Å². The molecule has 0 atom stereocenters. The molecule has 3 aromatic heterocycles. The molecular weight excluding hydrogens is 752 g/mol. The average molecular weight is 788 g/mol. The van der Waals surface area contributed by atoms with E-state index in [0.717, 1.165) is 28.3 Å². The van der Waals surface area contributed by atoms with Crippen molar-refractivity contribution in [1.82, 2.24) is 38.9 Å². The smallest absolute Gasteiger partial charge is 0.416 e. The van der Waals surface area contributed by atoms with Gasteiger partial charge in [0.25, 0.3) is 11.5 Å². The number of rotatable bonds is 9. The number of nitrogens with one attached hydrogen (secondary N) is 1. The summed E-state index contributed by atoms with van der Waals surface area (Å²) in [5.41, 5.74) is 0.667. The van der Waals surface area contributed by atoms with Crippen LogP contribution in [-0.2, 0) is 30.5 Å². The molecule has 4 heterocycles. The number of hydrogen-bond donors (Lipinski definition) is 2. The molecule has 0 radical (unpaired) electrons. The third-order valence-corrected chi connectivity index (χ3v) is 9.59. The average Bonchev–Trinajstić information content (AvgIpc) is 3.58. The number of aromatic nitrogens is 6. The molecule has 0 aliphatic carbocycles. The van der Waals surface area contributed by atoms with Gasteiger partial charge in [-0.2, -0.15) is 22.7 Å². The van der Waals surface area contributed by atoms with Crippen molar-refractivity contribution in [3.8, 4) is 17.1 Å². The number of amides is 2. The number of hydrogen-bond acceptors (Lipinski definition) is 10. The van der Waals surface area contributed by atoms with E-state index >= 15 is 0 Å². The summed E-state index contributed by atoms with van der Waals surface area (Å²) in [7, 11) is 3.82. The number of halogens is 5. The summed E-state index contributed by atoms with van der Waals surface area (Å²) < 4.78 is 42.4. The lowest BCUT2D eigenvalue weighted by atomic mass is 10.1. The van der Waals surface area contributed by atoms with Crippen LogP contribution in [0.2, 0.25) is 10.0 Å². The van der Waals surface area contributed by atoms with Crippen LogP contribution < -0.4 is 15.8 Å². The van der Waals surface area contributed by atoms with Crippen LogP contribution >= 0.6 is 23.2 Å². The minimum atomic E-state index is -4.63. The number of carbonyl (C=O) groups excluding carboxylic acids is 2. The maximum absolute atomic E-state index is 14.3. The second-order valence-corrected chi connectivity index (χ2v) is 13.7. The zero-order valence-electron chi connectivity index (χ0n) is 29.6.